The smallest absolute Gasteiger partial charge is 0.0181 e. The Balaban J connectivity index is 2.69. The predicted molar refractivity (Wildman–Crippen MR) is 72.5 cm³/mol. The molecule has 0 amide bonds. The molecule has 0 aliphatic heterocycles. The van der Waals surface area contributed by atoms with Crippen molar-refractivity contribution in [3.63, 3.8) is 0 Å². The van der Waals surface area contributed by atoms with Gasteiger partial charge in [0.05, 0.1) is 0 Å². The molecule has 1 rings (SSSR count). The molecule has 0 bridgehead atoms. The highest BCUT2D eigenvalue weighted by Gasteiger charge is 2.40. The highest BCUT2D eigenvalue weighted by Crippen LogP contribution is 2.47. The summed E-state index contributed by atoms with van der Waals surface area (Å²) in [6.07, 6.45) is 5.50. The molecular weight excluding hydrogens is 248 g/mol. The fraction of sp³-hybridized carbons (Fsp3) is 1.00. The SMILES string of the molecule is CCC(C)C(C)(C)C1CCC(C)CC1Br. The summed E-state index contributed by atoms with van der Waals surface area (Å²) in [5.41, 5.74) is 0.489. The minimum absolute atomic E-state index is 0.489. The van der Waals surface area contributed by atoms with Gasteiger partial charge in [0.15, 0.2) is 0 Å². The van der Waals surface area contributed by atoms with Gasteiger partial charge < -0.3 is 0 Å². The summed E-state index contributed by atoms with van der Waals surface area (Å²) in [5.74, 6) is 2.61. The van der Waals surface area contributed by atoms with E-state index < -0.39 is 0 Å². The van der Waals surface area contributed by atoms with Crippen molar-refractivity contribution in [2.45, 2.75) is 65.1 Å². The van der Waals surface area contributed by atoms with E-state index in [2.05, 4.69) is 50.5 Å². The highest BCUT2D eigenvalue weighted by atomic mass is 79.9. The Morgan fingerprint density at radius 1 is 1.33 bits per heavy atom. The van der Waals surface area contributed by atoms with E-state index in [-0.39, 0.29) is 0 Å². The molecule has 0 aromatic carbocycles. The summed E-state index contributed by atoms with van der Waals surface area (Å²) in [7, 11) is 0. The van der Waals surface area contributed by atoms with Crippen LogP contribution in [0.1, 0.15) is 60.3 Å². The monoisotopic (exact) mass is 274 g/mol. The van der Waals surface area contributed by atoms with Gasteiger partial charge in [0.2, 0.25) is 0 Å². The molecule has 0 N–H and O–H groups in total. The summed E-state index contributed by atoms with van der Waals surface area (Å²) in [6, 6.07) is 0. The zero-order valence-electron chi connectivity index (χ0n) is 11.0. The lowest BCUT2D eigenvalue weighted by molar-refractivity contribution is 0.0851. The first-order valence-corrected chi connectivity index (χ1v) is 7.45. The first-order valence-electron chi connectivity index (χ1n) is 6.53. The predicted octanol–water partition coefficient (Wildman–Crippen LogP) is 5.26. The molecule has 0 aromatic rings. The summed E-state index contributed by atoms with van der Waals surface area (Å²) >= 11 is 3.93. The first kappa shape index (κ1) is 13.5. The van der Waals surface area contributed by atoms with Gasteiger partial charge in [-0.3, -0.25) is 0 Å². The fourth-order valence-corrected chi connectivity index (χ4v) is 4.62. The van der Waals surface area contributed by atoms with Crippen LogP contribution in [0.15, 0.2) is 0 Å². The summed E-state index contributed by atoms with van der Waals surface area (Å²) in [6.45, 7) is 12.1. The van der Waals surface area contributed by atoms with Crippen molar-refractivity contribution in [2.24, 2.45) is 23.2 Å². The molecule has 1 heteroatoms. The average molecular weight is 275 g/mol. The Kier molecular flexibility index (Phi) is 4.70. The molecule has 0 heterocycles. The third-order valence-electron chi connectivity index (χ3n) is 4.87. The van der Waals surface area contributed by atoms with Gasteiger partial charge in [-0.2, -0.15) is 0 Å². The van der Waals surface area contributed by atoms with Gasteiger partial charge >= 0.3 is 0 Å². The quantitative estimate of drug-likeness (QED) is 0.616. The van der Waals surface area contributed by atoms with Crippen molar-refractivity contribution in [3.05, 3.63) is 0 Å². The van der Waals surface area contributed by atoms with E-state index in [0.717, 1.165) is 22.6 Å². The van der Waals surface area contributed by atoms with E-state index >= 15 is 0 Å². The summed E-state index contributed by atoms with van der Waals surface area (Å²) in [5, 5.41) is 0. The number of hydrogen-bond donors (Lipinski definition) is 0. The third-order valence-corrected chi connectivity index (χ3v) is 5.88. The van der Waals surface area contributed by atoms with Gasteiger partial charge in [0.1, 0.15) is 0 Å². The molecule has 0 spiro atoms. The molecular formula is C14H27Br. The van der Waals surface area contributed by atoms with E-state index in [1.54, 1.807) is 0 Å². The largest absolute Gasteiger partial charge is 0.0887 e. The second kappa shape index (κ2) is 5.21. The Morgan fingerprint density at radius 2 is 1.93 bits per heavy atom. The topological polar surface area (TPSA) is 0 Å². The van der Waals surface area contributed by atoms with Crippen LogP contribution >= 0.6 is 15.9 Å². The lowest BCUT2D eigenvalue weighted by Crippen LogP contribution is -2.39. The maximum absolute atomic E-state index is 3.93. The maximum atomic E-state index is 3.93. The van der Waals surface area contributed by atoms with E-state index in [1.807, 2.05) is 0 Å². The molecule has 1 fully saturated rings. The molecule has 15 heavy (non-hydrogen) atoms. The van der Waals surface area contributed by atoms with Crippen LogP contribution in [0, 0.1) is 23.2 Å². The van der Waals surface area contributed by atoms with Crippen LogP contribution in [-0.2, 0) is 0 Å². The standard InChI is InChI=1S/C14H27Br/c1-6-11(3)14(4,5)12-8-7-10(2)9-13(12)15/h10-13H,6-9H2,1-5H3. The van der Waals surface area contributed by atoms with Gasteiger partial charge in [-0.25, -0.2) is 0 Å². The average Bonchev–Trinajstić information content (AvgIpc) is 2.15. The number of hydrogen-bond acceptors (Lipinski definition) is 0. The Hall–Kier alpha value is 0.480. The Morgan fingerprint density at radius 3 is 2.40 bits per heavy atom. The Bertz CT molecular complexity index is 198. The van der Waals surface area contributed by atoms with Crippen LogP contribution in [0.3, 0.4) is 0 Å². The highest BCUT2D eigenvalue weighted by molar-refractivity contribution is 9.09. The Labute approximate surface area is 104 Å². The lowest BCUT2D eigenvalue weighted by atomic mass is 9.63. The third kappa shape index (κ3) is 2.99. The van der Waals surface area contributed by atoms with E-state index in [9.17, 15) is 0 Å². The normalized spacial score (nSPS) is 35.2. The minimum atomic E-state index is 0.489. The van der Waals surface area contributed by atoms with E-state index in [1.165, 1.54) is 25.7 Å². The van der Waals surface area contributed by atoms with Crippen LogP contribution in [-0.4, -0.2) is 4.83 Å². The van der Waals surface area contributed by atoms with Gasteiger partial charge in [-0.05, 0) is 36.0 Å². The number of halogens is 1. The van der Waals surface area contributed by atoms with E-state index in [4.69, 9.17) is 0 Å². The molecule has 1 aliphatic rings. The van der Waals surface area contributed by atoms with Gasteiger partial charge in [-0.15, -0.1) is 0 Å². The van der Waals surface area contributed by atoms with Crippen LogP contribution in [0.2, 0.25) is 0 Å². The van der Waals surface area contributed by atoms with Crippen LogP contribution < -0.4 is 0 Å². The zero-order valence-corrected chi connectivity index (χ0v) is 12.6. The minimum Gasteiger partial charge on any atom is -0.0887 e. The second-order valence-corrected chi connectivity index (χ2v) is 7.35. The van der Waals surface area contributed by atoms with E-state index in [0.29, 0.717) is 5.41 Å². The lowest BCUT2D eigenvalue weighted by Gasteiger charge is -2.45. The van der Waals surface area contributed by atoms with Crippen molar-refractivity contribution in [1.29, 1.82) is 0 Å². The maximum Gasteiger partial charge on any atom is 0.0181 e. The summed E-state index contributed by atoms with van der Waals surface area (Å²) in [4.78, 5) is 0.741. The molecule has 90 valence electrons. The van der Waals surface area contributed by atoms with Crippen LogP contribution in [0.25, 0.3) is 0 Å². The first-order chi connectivity index (χ1) is 6.89. The molecule has 0 saturated heterocycles. The van der Waals surface area contributed by atoms with Crippen molar-refractivity contribution < 1.29 is 0 Å². The molecule has 0 nitrogen and oxygen atoms in total. The number of rotatable bonds is 3. The molecule has 4 unspecified atom stereocenters. The molecule has 1 saturated carbocycles. The van der Waals surface area contributed by atoms with Crippen LogP contribution in [0.4, 0.5) is 0 Å². The molecule has 0 radical (unpaired) electrons. The zero-order chi connectivity index (χ0) is 11.6. The van der Waals surface area contributed by atoms with Crippen LogP contribution in [0.5, 0.6) is 0 Å². The van der Waals surface area contributed by atoms with Crippen molar-refractivity contribution in [2.75, 3.05) is 0 Å². The molecule has 4 atom stereocenters. The molecule has 0 aromatic heterocycles. The summed E-state index contributed by atoms with van der Waals surface area (Å²) < 4.78 is 0. The number of alkyl halides is 1. The van der Waals surface area contributed by atoms with Crippen molar-refractivity contribution in [3.8, 4) is 0 Å². The van der Waals surface area contributed by atoms with Crippen molar-refractivity contribution >= 4 is 15.9 Å². The van der Waals surface area contributed by atoms with Gasteiger partial charge in [0, 0.05) is 4.83 Å². The molecule has 1 aliphatic carbocycles. The van der Waals surface area contributed by atoms with Gasteiger partial charge in [-0.1, -0.05) is 63.4 Å². The fourth-order valence-electron chi connectivity index (χ4n) is 3.04. The van der Waals surface area contributed by atoms with Crippen molar-refractivity contribution in [1.82, 2.24) is 0 Å². The van der Waals surface area contributed by atoms with Gasteiger partial charge in [0.25, 0.3) is 0 Å². The second-order valence-electron chi connectivity index (χ2n) is 6.17.